The minimum absolute atomic E-state index is 0.637. The first-order valence-electron chi connectivity index (χ1n) is 3.94. The molecule has 0 N–H and O–H groups in total. The van der Waals surface area contributed by atoms with Crippen molar-refractivity contribution in [2.45, 2.75) is 38.3 Å². The Bertz CT molecular complexity index is 151. The van der Waals surface area contributed by atoms with Gasteiger partial charge in [0.2, 0.25) is 0 Å². The van der Waals surface area contributed by atoms with Gasteiger partial charge < -0.3 is 4.48 Å². The molecule has 2 fully saturated rings. The van der Waals surface area contributed by atoms with Crippen LogP contribution in [0.3, 0.4) is 0 Å². The Morgan fingerprint density at radius 3 is 2.33 bits per heavy atom. The Hall–Kier alpha value is -0.0400. The van der Waals surface area contributed by atoms with Gasteiger partial charge in [0.1, 0.15) is 11.6 Å². The summed E-state index contributed by atoms with van der Waals surface area (Å²) in [5.74, 6) is 0. The third-order valence-electron chi connectivity index (χ3n) is 3.85. The molecule has 0 amide bonds. The lowest BCUT2D eigenvalue weighted by atomic mass is 10.1. The van der Waals surface area contributed by atoms with Crippen LogP contribution in [0.4, 0.5) is 0 Å². The zero-order valence-corrected chi connectivity index (χ0v) is 6.65. The number of rotatable bonds is 0. The number of likely N-dealkylation sites (N-methyl/N-ethyl adjacent to an activating group) is 1. The molecule has 0 saturated carbocycles. The molecule has 2 atom stereocenters. The maximum absolute atomic E-state index is 2.40. The van der Waals surface area contributed by atoms with Gasteiger partial charge in [0.05, 0.1) is 13.6 Å². The molecule has 52 valence electrons. The minimum Gasteiger partial charge on any atom is -0.309 e. The van der Waals surface area contributed by atoms with Gasteiger partial charge in [0, 0.05) is 12.8 Å². The van der Waals surface area contributed by atoms with Crippen molar-refractivity contribution in [2.24, 2.45) is 0 Å². The molecule has 2 heterocycles. The molecule has 1 nitrogen and oxygen atoms in total. The Morgan fingerprint density at radius 1 is 1.44 bits per heavy atom. The van der Waals surface area contributed by atoms with Crippen molar-refractivity contribution < 1.29 is 4.48 Å². The standard InChI is InChI=1S/C8H16N/c1-8(2)7-5-4-6-9(7,8)3/h7H,4-6H2,1-3H3/q+1. The zero-order chi connectivity index (χ0) is 6.70. The second kappa shape index (κ2) is 1.20. The van der Waals surface area contributed by atoms with Gasteiger partial charge in [-0.05, 0) is 13.8 Å². The summed E-state index contributed by atoms with van der Waals surface area (Å²) < 4.78 is 1.37. The molecule has 0 aliphatic carbocycles. The summed E-state index contributed by atoms with van der Waals surface area (Å²) in [5, 5.41) is 0. The van der Waals surface area contributed by atoms with Crippen molar-refractivity contribution in [3.05, 3.63) is 0 Å². The summed E-state index contributed by atoms with van der Waals surface area (Å²) >= 11 is 0. The first-order chi connectivity index (χ1) is 4.09. The second-order valence-corrected chi connectivity index (χ2v) is 4.30. The van der Waals surface area contributed by atoms with E-state index in [0.717, 1.165) is 6.04 Å². The van der Waals surface area contributed by atoms with Crippen LogP contribution >= 0.6 is 0 Å². The van der Waals surface area contributed by atoms with Crippen molar-refractivity contribution in [3.63, 3.8) is 0 Å². The van der Waals surface area contributed by atoms with E-state index < -0.39 is 0 Å². The van der Waals surface area contributed by atoms with Crippen LogP contribution in [0.25, 0.3) is 0 Å². The van der Waals surface area contributed by atoms with Gasteiger partial charge in [-0.15, -0.1) is 0 Å². The summed E-state index contributed by atoms with van der Waals surface area (Å²) in [4.78, 5) is 0. The summed E-state index contributed by atoms with van der Waals surface area (Å²) in [6, 6.07) is 1.01. The minimum atomic E-state index is 0.637. The van der Waals surface area contributed by atoms with Gasteiger partial charge in [-0.2, -0.15) is 0 Å². The maximum Gasteiger partial charge on any atom is 0.146 e. The van der Waals surface area contributed by atoms with Gasteiger partial charge in [0.15, 0.2) is 0 Å². The Morgan fingerprint density at radius 2 is 2.11 bits per heavy atom. The fourth-order valence-electron chi connectivity index (χ4n) is 2.75. The van der Waals surface area contributed by atoms with Crippen LogP contribution in [0.2, 0.25) is 0 Å². The van der Waals surface area contributed by atoms with Crippen molar-refractivity contribution in [1.29, 1.82) is 0 Å². The summed E-state index contributed by atoms with van der Waals surface area (Å²) in [6.07, 6.45) is 2.94. The van der Waals surface area contributed by atoms with Gasteiger partial charge in [-0.3, -0.25) is 0 Å². The number of quaternary nitrogens is 1. The molecule has 0 bridgehead atoms. The number of piperidine rings is 1. The molecule has 0 radical (unpaired) electrons. The van der Waals surface area contributed by atoms with Crippen molar-refractivity contribution in [1.82, 2.24) is 0 Å². The highest BCUT2D eigenvalue weighted by Gasteiger charge is 2.72. The van der Waals surface area contributed by atoms with E-state index in [0.29, 0.717) is 5.54 Å². The zero-order valence-electron chi connectivity index (χ0n) is 6.65. The van der Waals surface area contributed by atoms with E-state index in [-0.39, 0.29) is 0 Å². The van der Waals surface area contributed by atoms with Crippen LogP contribution in [0.1, 0.15) is 26.7 Å². The molecule has 2 aliphatic rings. The topological polar surface area (TPSA) is 0 Å². The predicted octanol–water partition coefficient (Wildman–Crippen LogP) is 1.39. The third-order valence-corrected chi connectivity index (χ3v) is 3.85. The third kappa shape index (κ3) is 0.420. The fourth-order valence-corrected chi connectivity index (χ4v) is 2.75. The molecular weight excluding hydrogens is 110 g/mol. The molecule has 0 aromatic carbocycles. The molecular formula is C8H16N+. The Labute approximate surface area is 57.3 Å². The van der Waals surface area contributed by atoms with Crippen LogP contribution in [0, 0.1) is 0 Å². The molecule has 0 spiro atoms. The number of nitrogens with zero attached hydrogens (tertiary/aromatic N) is 1. The highest BCUT2D eigenvalue weighted by atomic mass is 15.6. The average Bonchev–Trinajstić information content (AvgIpc) is 2.21. The number of hydrogen-bond donors (Lipinski definition) is 0. The van der Waals surface area contributed by atoms with E-state index in [9.17, 15) is 0 Å². The first-order valence-corrected chi connectivity index (χ1v) is 3.94. The van der Waals surface area contributed by atoms with E-state index in [1.807, 2.05) is 0 Å². The quantitative estimate of drug-likeness (QED) is 0.340. The Kier molecular flexibility index (Phi) is 0.760. The van der Waals surface area contributed by atoms with Gasteiger partial charge in [-0.25, -0.2) is 0 Å². The highest BCUT2D eigenvalue weighted by Crippen LogP contribution is 2.54. The van der Waals surface area contributed by atoms with Crippen molar-refractivity contribution in [2.75, 3.05) is 13.6 Å². The largest absolute Gasteiger partial charge is 0.309 e. The molecule has 9 heavy (non-hydrogen) atoms. The predicted molar refractivity (Wildman–Crippen MR) is 38.2 cm³/mol. The van der Waals surface area contributed by atoms with Crippen molar-refractivity contribution >= 4 is 0 Å². The van der Waals surface area contributed by atoms with Gasteiger partial charge >= 0.3 is 0 Å². The van der Waals surface area contributed by atoms with E-state index in [4.69, 9.17) is 0 Å². The van der Waals surface area contributed by atoms with E-state index in [1.165, 1.54) is 23.9 Å². The molecule has 2 unspecified atom stereocenters. The Balaban J connectivity index is 2.26. The molecule has 2 aliphatic heterocycles. The average molecular weight is 126 g/mol. The van der Waals surface area contributed by atoms with Gasteiger partial charge in [0.25, 0.3) is 0 Å². The van der Waals surface area contributed by atoms with Crippen LogP contribution in [0.5, 0.6) is 0 Å². The molecule has 1 heteroatoms. The van der Waals surface area contributed by atoms with E-state index in [2.05, 4.69) is 20.9 Å². The summed E-state index contributed by atoms with van der Waals surface area (Å²) in [6.45, 7) is 6.23. The summed E-state index contributed by atoms with van der Waals surface area (Å²) in [7, 11) is 2.40. The van der Waals surface area contributed by atoms with E-state index in [1.54, 1.807) is 0 Å². The second-order valence-electron chi connectivity index (χ2n) is 4.30. The lowest BCUT2D eigenvalue weighted by Crippen LogP contribution is -2.27. The monoisotopic (exact) mass is 126 g/mol. The van der Waals surface area contributed by atoms with Crippen LogP contribution in [-0.2, 0) is 0 Å². The van der Waals surface area contributed by atoms with Gasteiger partial charge in [-0.1, -0.05) is 0 Å². The molecule has 0 aromatic heterocycles. The number of hydrogen-bond acceptors (Lipinski definition) is 0. The summed E-state index contributed by atoms with van der Waals surface area (Å²) in [5.41, 5.74) is 0.637. The first kappa shape index (κ1) is 5.72. The smallest absolute Gasteiger partial charge is 0.146 e. The maximum atomic E-state index is 2.40. The van der Waals surface area contributed by atoms with Crippen LogP contribution < -0.4 is 0 Å². The lowest BCUT2D eigenvalue weighted by Gasteiger charge is -2.13. The fraction of sp³-hybridized carbons (Fsp3) is 1.00. The number of fused-ring (bicyclic) bond motifs is 1. The van der Waals surface area contributed by atoms with E-state index >= 15 is 0 Å². The lowest BCUT2D eigenvalue weighted by molar-refractivity contribution is -0.808. The molecule has 2 saturated heterocycles. The van der Waals surface area contributed by atoms with Crippen LogP contribution in [0.15, 0.2) is 0 Å². The normalized spacial score (nSPS) is 53.0. The molecule has 2 rings (SSSR count). The van der Waals surface area contributed by atoms with Crippen molar-refractivity contribution in [3.8, 4) is 0 Å². The van der Waals surface area contributed by atoms with Crippen LogP contribution in [-0.4, -0.2) is 29.7 Å². The highest BCUT2D eigenvalue weighted by molar-refractivity contribution is 4.99. The molecule has 0 aromatic rings. The SMILES string of the molecule is CC1(C)C2CCC[N+]21C.